The summed E-state index contributed by atoms with van der Waals surface area (Å²) in [6, 6.07) is 1.54. The second-order valence-corrected chi connectivity index (χ2v) is 2.49. The van der Waals surface area contributed by atoms with Gasteiger partial charge in [-0.05, 0) is 6.07 Å². The number of carbonyl (C=O) groups is 1. The first-order valence-electron chi connectivity index (χ1n) is 3.65. The molecule has 0 fully saturated rings. The number of amides is 1. The number of fused-ring (bicyclic) bond motifs is 1. The monoisotopic (exact) mass is 177 g/mol. The van der Waals surface area contributed by atoms with E-state index in [4.69, 9.17) is 10.5 Å². The highest BCUT2D eigenvalue weighted by Gasteiger charge is 2.10. The number of hydrogen-bond acceptors (Lipinski definition) is 4. The van der Waals surface area contributed by atoms with E-state index < -0.39 is 5.91 Å². The molecule has 1 aromatic rings. The lowest BCUT2D eigenvalue weighted by Crippen LogP contribution is -2.13. The minimum Gasteiger partial charge on any atom is -0.460 e. The van der Waals surface area contributed by atoms with E-state index in [0.29, 0.717) is 11.4 Å². The van der Waals surface area contributed by atoms with Crippen molar-refractivity contribution in [1.29, 1.82) is 0 Å². The number of nitrogens with one attached hydrogen (secondary N) is 1. The second kappa shape index (κ2) is 2.78. The number of rotatable bonds is 1. The van der Waals surface area contributed by atoms with Crippen molar-refractivity contribution in [2.75, 3.05) is 5.32 Å². The van der Waals surface area contributed by atoms with Gasteiger partial charge in [-0.1, -0.05) is 0 Å². The lowest BCUT2D eigenvalue weighted by molar-refractivity contribution is 0.0995. The lowest BCUT2D eigenvalue weighted by Gasteiger charge is -2.12. The third-order valence-electron chi connectivity index (χ3n) is 1.62. The molecule has 5 heteroatoms. The fraction of sp³-hybridized carbons (Fsp3) is 0. The zero-order valence-corrected chi connectivity index (χ0v) is 6.65. The normalized spacial score (nSPS) is 12.6. The zero-order valence-electron chi connectivity index (χ0n) is 6.65. The molecule has 1 aromatic heterocycles. The standard InChI is InChI=1S/C8H7N3O2/c9-8(12)6-3-5-7(4-11-6)13-2-1-10-5/h1-4,10H,(H2,9,12). The minimum absolute atomic E-state index is 0.213. The summed E-state index contributed by atoms with van der Waals surface area (Å²) in [4.78, 5) is 14.6. The van der Waals surface area contributed by atoms with Crippen LogP contribution in [-0.4, -0.2) is 10.9 Å². The van der Waals surface area contributed by atoms with Crippen LogP contribution in [0.15, 0.2) is 24.7 Å². The van der Waals surface area contributed by atoms with Crippen LogP contribution in [-0.2, 0) is 0 Å². The first-order chi connectivity index (χ1) is 6.27. The Morgan fingerprint density at radius 3 is 3.23 bits per heavy atom. The predicted molar refractivity (Wildman–Crippen MR) is 46.1 cm³/mol. The maximum absolute atomic E-state index is 10.8. The molecule has 1 aliphatic rings. The first-order valence-corrected chi connectivity index (χ1v) is 3.65. The Morgan fingerprint density at radius 1 is 1.62 bits per heavy atom. The molecule has 2 rings (SSSR count). The molecule has 1 aliphatic heterocycles. The summed E-state index contributed by atoms with van der Waals surface area (Å²) >= 11 is 0. The van der Waals surface area contributed by atoms with Crippen molar-refractivity contribution in [2.45, 2.75) is 0 Å². The molecule has 0 spiro atoms. The van der Waals surface area contributed by atoms with Crippen molar-refractivity contribution >= 4 is 11.6 Å². The first kappa shape index (κ1) is 7.60. The zero-order chi connectivity index (χ0) is 9.26. The number of anilines is 1. The van der Waals surface area contributed by atoms with Gasteiger partial charge in [0.25, 0.3) is 5.91 Å². The van der Waals surface area contributed by atoms with Gasteiger partial charge in [0.2, 0.25) is 0 Å². The molecule has 1 amide bonds. The maximum atomic E-state index is 10.8. The van der Waals surface area contributed by atoms with Crippen LogP contribution < -0.4 is 15.8 Å². The summed E-state index contributed by atoms with van der Waals surface area (Å²) in [7, 11) is 0. The van der Waals surface area contributed by atoms with E-state index in [1.165, 1.54) is 12.5 Å². The van der Waals surface area contributed by atoms with Gasteiger partial charge in [0.15, 0.2) is 5.75 Å². The van der Waals surface area contributed by atoms with E-state index in [2.05, 4.69) is 10.3 Å². The molecule has 0 saturated heterocycles. The quantitative estimate of drug-likeness (QED) is 0.653. The molecule has 0 bridgehead atoms. The molecule has 5 nitrogen and oxygen atoms in total. The van der Waals surface area contributed by atoms with Crippen LogP contribution >= 0.6 is 0 Å². The lowest BCUT2D eigenvalue weighted by atomic mass is 10.3. The number of carbonyl (C=O) groups excluding carboxylic acids is 1. The average molecular weight is 177 g/mol. The number of nitrogens with two attached hydrogens (primary N) is 1. The molecular formula is C8H7N3O2. The number of ether oxygens (including phenoxy) is 1. The minimum atomic E-state index is -0.556. The summed E-state index contributed by atoms with van der Waals surface area (Å²) in [6.45, 7) is 0. The highest BCUT2D eigenvalue weighted by molar-refractivity contribution is 5.92. The number of aromatic nitrogens is 1. The van der Waals surface area contributed by atoms with Gasteiger partial charge in [0.05, 0.1) is 11.9 Å². The average Bonchev–Trinajstić information content (AvgIpc) is 2.17. The molecule has 3 N–H and O–H groups in total. The summed E-state index contributed by atoms with van der Waals surface area (Å²) in [5.41, 5.74) is 5.96. The van der Waals surface area contributed by atoms with Crippen molar-refractivity contribution in [3.05, 3.63) is 30.4 Å². The van der Waals surface area contributed by atoms with E-state index in [1.807, 2.05) is 0 Å². The molecule has 0 aromatic carbocycles. The largest absolute Gasteiger partial charge is 0.460 e. The van der Waals surface area contributed by atoms with Crippen LogP contribution in [0.5, 0.6) is 5.75 Å². The second-order valence-electron chi connectivity index (χ2n) is 2.49. The Kier molecular flexibility index (Phi) is 1.63. The molecule has 0 unspecified atom stereocenters. The topological polar surface area (TPSA) is 77.2 Å². The van der Waals surface area contributed by atoms with Crippen molar-refractivity contribution in [3.8, 4) is 5.75 Å². The number of hydrogen-bond donors (Lipinski definition) is 2. The van der Waals surface area contributed by atoms with E-state index in [0.717, 1.165) is 0 Å². The number of nitrogens with zero attached hydrogens (tertiary/aromatic N) is 1. The van der Waals surface area contributed by atoms with Crippen LogP contribution in [0.4, 0.5) is 5.69 Å². The van der Waals surface area contributed by atoms with Gasteiger partial charge in [0.1, 0.15) is 12.0 Å². The van der Waals surface area contributed by atoms with Gasteiger partial charge in [-0.2, -0.15) is 0 Å². The molecule has 0 radical (unpaired) electrons. The molecule has 0 atom stereocenters. The smallest absolute Gasteiger partial charge is 0.267 e. The Balaban J connectivity index is 2.44. The molecule has 2 heterocycles. The molecule has 66 valence electrons. The van der Waals surface area contributed by atoms with Crippen molar-refractivity contribution in [3.63, 3.8) is 0 Å². The van der Waals surface area contributed by atoms with Gasteiger partial charge in [-0.15, -0.1) is 0 Å². The van der Waals surface area contributed by atoms with E-state index in [-0.39, 0.29) is 5.69 Å². The van der Waals surface area contributed by atoms with Crippen molar-refractivity contribution in [2.24, 2.45) is 5.73 Å². The highest BCUT2D eigenvalue weighted by Crippen LogP contribution is 2.26. The van der Waals surface area contributed by atoms with Crippen LogP contribution in [0.3, 0.4) is 0 Å². The SMILES string of the molecule is NC(=O)c1cc2c(cn1)OC=CN2. The van der Waals surface area contributed by atoms with Crippen molar-refractivity contribution < 1.29 is 9.53 Å². The van der Waals surface area contributed by atoms with Crippen LogP contribution in [0, 0.1) is 0 Å². The summed E-state index contributed by atoms with van der Waals surface area (Å²) in [5.74, 6) is 0.0200. The third-order valence-corrected chi connectivity index (χ3v) is 1.62. The summed E-state index contributed by atoms with van der Waals surface area (Å²) < 4.78 is 5.10. The Bertz CT molecular complexity index is 387. The van der Waals surface area contributed by atoms with E-state index in [1.54, 1.807) is 12.3 Å². The van der Waals surface area contributed by atoms with Crippen LogP contribution in [0.1, 0.15) is 10.5 Å². The molecule has 0 saturated carbocycles. The molecule has 13 heavy (non-hydrogen) atoms. The third kappa shape index (κ3) is 1.31. The summed E-state index contributed by atoms with van der Waals surface area (Å²) in [5, 5.41) is 2.90. The maximum Gasteiger partial charge on any atom is 0.267 e. The van der Waals surface area contributed by atoms with Crippen LogP contribution in [0.2, 0.25) is 0 Å². The van der Waals surface area contributed by atoms with Crippen LogP contribution in [0.25, 0.3) is 0 Å². The van der Waals surface area contributed by atoms with Gasteiger partial charge in [-0.25, -0.2) is 4.98 Å². The Labute approximate surface area is 74.2 Å². The highest BCUT2D eigenvalue weighted by atomic mass is 16.5. The van der Waals surface area contributed by atoms with E-state index >= 15 is 0 Å². The van der Waals surface area contributed by atoms with Gasteiger partial charge in [0, 0.05) is 6.20 Å². The predicted octanol–water partition coefficient (Wildman–Crippen LogP) is 0.456. The fourth-order valence-corrected chi connectivity index (χ4v) is 1.02. The van der Waals surface area contributed by atoms with E-state index in [9.17, 15) is 4.79 Å². The number of pyridine rings is 1. The number of primary amides is 1. The van der Waals surface area contributed by atoms with Gasteiger partial charge in [-0.3, -0.25) is 4.79 Å². The van der Waals surface area contributed by atoms with Gasteiger partial charge < -0.3 is 15.8 Å². The molecule has 0 aliphatic carbocycles. The molecular weight excluding hydrogens is 170 g/mol. The summed E-state index contributed by atoms with van der Waals surface area (Å²) in [6.07, 6.45) is 4.56. The van der Waals surface area contributed by atoms with Crippen molar-refractivity contribution in [1.82, 2.24) is 4.98 Å². The Morgan fingerprint density at radius 2 is 2.46 bits per heavy atom. The Hall–Kier alpha value is -2.04. The fourth-order valence-electron chi connectivity index (χ4n) is 1.02. The van der Waals surface area contributed by atoms with Gasteiger partial charge >= 0.3 is 0 Å².